The van der Waals surface area contributed by atoms with E-state index in [0.29, 0.717) is 34.7 Å². The highest BCUT2D eigenvalue weighted by atomic mass is 32.2. The summed E-state index contributed by atoms with van der Waals surface area (Å²) in [5.74, 6) is 2.04. The van der Waals surface area contributed by atoms with Crippen molar-refractivity contribution < 1.29 is 9.21 Å². The van der Waals surface area contributed by atoms with E-state index in [2.05, 4.69) is 35.9 Å². The Morgan fingerprint density at radius 3 is 3.04 bits per heavy atom. The highest BCUT2D eigenvalue weighted by Gasteiger charge is 2.11. The molecule has 0 spiro atoms. The Kier molecular flexibility index (Phi) is 5.32. The zero-order chi connectivity index (χ0) is 15.9. The van der Waals surface area contributed by atoms with Crippen molar-refractivity contribution in [1.29, 1.82) is 0 Å². The lowest BCUT2D eigenvalue weighted by atomic mass is 10.4. The Labute approximate surface area is 139 Å². The SMILES string of the molecule is O=C(NCCSc1cn[nH]n1)c1ccc(CSc2ncn[nH]2)o1. The molecule has 0 fully saturated rings. The number of nitrogens with one attached hydrogen (secondary N) is 3. The van der Waals surface area contributed by atoms with Crippen LogP contribution in [0.2, 0.25) is 0 Å². The number of amides is 1. The second kappa shape index (κ2) is 7.83. The van der Waals surface area contributed by atoms with Crippen LogP contribution in [0.15, 0.2) is 39.3 Å². The van der Waals surface area contributed by atoms with E-state index in [4.69, 9.17) is 4.42 Å². The molecule has 3 heterocycles. The molecule has 0 radical (unpaired) electrons. The summed E-state index contributed by atoms with van der Waals surface area (Å²) in [4.78, 5) is 16.0. The van der Waals surface area contributed by atoms with E-state index in [-0.39, 0.29) is 5.91 Å². The van der Waals surface area contributed by atoms with Gasteiger partial charge in [0.25, 0.3) is 5.91 Å². The molecular weight excluding hydrogens is 338 g/mol. The van der Waals surface area contributed by atoms with Gasteiger partial charge in [0.1, 0.15) is 17.1 Å². The van der Waals surface area contributed by atoms with Gasteiger partial charge in [0.2, 0.25) is 0 Å². The zero-order valence-corrected chi connectivity index (χ0v) is 13.5. The summed E-state index contributed by atoms with van der Waals surface area (Å²) in [6.45, 7) is 0.513. The lowest BCUT2D eigenvalue weighted by molar-refractivity contribution is 0.0927. The van der Waals surface area contributed by atoms with Crippen molar-refractivity contribution in [3.8, 4) is 0 Å². The van der Waals surface area contributed by atoms with Crippen LogP contribution in [0.25, 0.3) is 0 Å². The number of hydrogen-bond donors (Lipinski definition) is 3. The maximum Gasteiger partial charge on any atom is 0.287 e. The fraction of sp³-hybridized carbons (Fsp3) is 0.250. The summed E-state index contributed by atoms with van der Waals surface area (Å²) in [5, 5.41) is 21.0. The van der Waals surface area contributed by atoms with Crippen LogP contribution in [0.5, 0.6) is 0 Å². The van der Waals surface area contributed by atoms with E-state index in [0.717, 1.165) is 5.03 Å². The first-order valence-electron chi connectivity index (χ1n) is 6.65. The molecule has 0 bridgehead atoms. The molecule has 120 valence electrons. The monoisotopic (exact) mass is 351 g/mol. The molecule has 3 aromatic heterocycles. The summed E-state index contributed by atoms with van der Waals surface area (Å²) in [7, 11) is 0. The fourth-order valence-corrected chi connectivity index (χ4v) is 2.97. The fourth-order valence-electron chi connectivity index (χ4n) is 1.65. The van der Waals surface area contributed by atoms with Crippen molar-refractivity contribution in [3.63, 3.8) is 0 Å². The van der Waals surface area contributed by atoms with Gasteiger partial charge >= 0.3 is 0 Å². The van der Waals surface area contributed by atoms with Crippen molar-refractivity contribution in [1.82, 2.24) is 35.9 Å². The van der Waals surface area contributed by atoms with Crippen molar-refractivity contribution in [2.24, 2.45) is 0 Å². The van der Waals surface area contributed by atoms with Gasteiger partial charge in [-0.3, -0.25) is 9.89 Å². The number of thioether (sulfide) groups is 2. The summed E-state index contributed by atoms with van der Waals surface area (Å²) < 4.78 is 5.52. The maximum absolute atomic E-state index is 12.0. The minimum atomic E-state index is -0.235. The van der Waals surface area contributed by atoms with Gasteiger partial charge in [-0.25, -0.2) is 4.98 Å². The lowest BCUT2D eigenvalue weighted by Crippen LogP contribution is -2.25. The van der Waals surface area contributed by atoms with Crippen LogP contribution < -0.4 is 5.32 Å². The smallest absolute Gasteiger partial charge is 0.287 e. The third-order valence-corrected chi connectivity index (χ3v) is 4.46. The molecule has 9 nitrogen and oxygen atoms in total. The first kappa shape index (κ1) is 15.6. The van der Waals surface area contributed by atoms with Crippen LogP contribution in [-0.2, 0) is 5.75 Å². The average Bonchev–Trinajstić information content (AvgIpc) is 3.32. The first-order valence-corrected chi connectivity index (χ1v) is 8.62. The van der Waals surface area contributed by atoms with Crippen LogP contribution >= 0.6 is 23.5 Å². The highest BCUT2D eigenvalue weighted by molar-refractivity contribution is 7.99. The minimum absolute atomic E-state index is 0.235. The van der Waals surface area contributed by atoms with Gasteiger partial charge in [0, 0.05) is 12.3 Å². The molecule has 1 amide bonds. The van der Waals surface area contributed by atoms with Crippen molar-refractivity contribution in [3.05, 3.63) is 36.2 Å². The van der Waals surface area contributed by atoms with Crippen LogP contribution in [0, 0.1) is 0 Å². The van der Waals surface area contributed by atoms with Crippen LogP contribution in [0.3, 0.4) is 0 Å². The number of nitrogens with zero attached hydrogens (tertiary/aromatic N) is 4. The predicted molar refractivity (Wildman–Crippen MR) is 84.1 cm³/mol. The molecule has 3 rings (SSSR count). The highest BCUT2D eigenvalue weighted by Crippen LogP contribution is 2.20. The topological polar surface area (TPSA) is 125 Å². The number of hydrogen-bond acceptors (Lipinski definition) is 8. The molecule has 11 heteroatoms. The van der Waals surface area contributed by atoms with Crippen molar-refractivity contribution >= 4 is 29.4 Å². The Morgan fingerprint density at radius 2 is 2.26 bits per heavy atom. The van der Waals surface area contributed by atoms with Gasteiger partial charge in [-0.1, -0.05) is 11.8 Å². The molecule has 0 saturated heterocycles. The third kappa shape index (κ3) is 4.60. The number of rotatable bonds is 8. The molecule has 0 aromatic carbocycles. The summed E-state index contributed by atoms with van der Waals surface area (Å²) in [5.41, 5.74) is 0. The molecule has 0 unspecified atom stereocenters. The first-order chi connectivity index (χ1) is 11.3. The number of carbonyl (C=O) groups is 1. The second-order valence-corrected chi connectivity index (χ2v) is 6.34. The summed E-state index contributed by atoms with van der Waals surface area (Å²) in [6, 6.07) is 3.44. The molecule has 3 N–H and O–H groups in total. The van der Waals surface area contributed by atoms with E-state index < -0.39 is 0 Å². The summed E-state index contributed by atoms with van der Waals surface area (Å²) in [6.07, 6.45) is 3.08. The molecule has 0 atom stereocenters. The van der Waals surface area contributed by atoms with E-state index in [1.54, 1.807) is 18.3 Å². The second-order valence-electron chi connectivity index (χ2n) is 4.26. The predicted octanol–water partition coefficient (Wildman–Crippen LogP) is 1.33. The molecule has 0 aliphatic carbocycles. The van der Waals surface area contributed by atoms with Gasteiger partial charge in [0.05, 0.1) is 11.9 Å². The quantitative estimate of drug-likeness (QED) is 0.410. The summed E-state index contributed by atoms with van der Waals surface area (Å²) >= 11 is 2.96. The molecule has 0 aliphatic rings. The molecule has 0 aliphatic heterocycles. The van der Waals surface area contributed by atoms with E-state index in [1.165, 1.54) is 29.9 Å². The number of carbonyl (C=O) groups excluding carboxylic acids is 1. The molecule has 3 aromatic rings. The zero-order valence-electron chi connectivity index (χ0n) is 11.9. The van der Waals surface area contributed by atoms with Crippen LogP contribution in [-0.4, -0.2) is 48.8 Å². The van der Waals surface area contributed by atoms with Gasteiger partial charge in [-0.15, -0.1) is 16.9 Å². The minimum Gasteiger partial charge on any atom is -0.455 e. The Bertz CT molecular complexity index is 727. The molecule has 0 saturated carbocycles. The standard InChI is InChI=1S/C12H13N7O2S2/c20-11(13-3-4-22-10-5-15-19-17-10)9-2-1-8(21-9)6-23-12-14-7-16-18-12/h1-2,5,7H,3-4,6H2,(H,13,20)(H,14,16,18)(H,15,17,19). The number of H-pyrrole nitrogens is 2. The lowest BCUT2D eigenvalue weighted by Gasteiger charge is -2.01. The Morgan fingerprint density at radius 1 is 1.30 bits per heavy atom. The van der Waals surface area contributed by atoms with Gasteiger partial charge < -0.3 is 9.73 Å². The van der Waals surface area contributed by atoms with Gasteiger partial charge in [0.15, 0.2) is 10.9 Å². The normalized spacial score (nSPS) is 10.8. The van der Waals surface area contributed by atoms with E-state index >= 15 is 0 Å². The third-order valence-electron chi connectivity index (χ3n) is 2.66. The number of aromatic nitrogens is 6. The van der Waals surface area contributed by atoms with Crippen molar-refractivity contribution in [2.75, 3.05) is 12.3 Å². The largest absolute Gasteiger partial charge is 0.455 e. The van der Waals surface area contributed by atoms with Crippen molar-refractivity contribution in [2.45, 2.75) is 15.9 Å². The average molecular weight is 351 g/mol. The number of aromatic amines is 2. The van der Waals surface area contributed by atoms with Gasteiger partial charge in [-0.05, 0) is 12.1 Å². The van der Waals surface area contributed by atoms with E-state index in [9.17, 15) is 4.79 Å². The Hall–Kier alpha value is -2.27. The Balaban J connectivity index is 1.40. The number of furan rings is 1. The molecular formula is C12H13N7O2S2. The van der Waals surface area contributed by atoms with Crippen LogP contribution in [0.1, 0.15) is 16.3 Å². The molecule has 23 heavy (non-hydrogen) atoms. The maximum atomic E-state index is 12.0. The van der Waals surface area contributed by atoms with E-state index in [1.807, 2.05) is 0 Å². The van der Waals surface area contributed by atoms with Crippen LogP contribution in [0.4, 0.5) is 0 Å². The van der Waals surface area contributed by atoms with Gasteiger partial charge in [-0.2, -0.15) is 15.4 Å².